The highest BCUT2D eigenvalue weighted by Crippen LogP contribution is 2.48. The Labute approximate surface area is 115 Å². The number of methoxy groups -OCH3 is 3. The number of rotatable bonds is 4. The van der Waals surface area contributed by atoms with Crippen LogP contribution >= 0.6 is 11.6 Å². The van der Waals surface area contributed by atoms with Gasteiger partial charge < -0.3 is 19.9 Å². The van der Waals surface area contributed by atoms with E-state index in [1.165, 1.54) is 21.3 Å². The normalized spacial score (nSPS) is 10.3. The first kappa shape index (κ1) is 13.4. The quantitative estimate of drug-likeness (QED) is 0.900. The van der Waals surface area contributed by atoms with Crippen LogP contribution in [0.5, 0.6) is 17.2 Å². The van der Waals surface area contributed by atoms with Crippen LogP contribution in [-0.4, -0.2) is 31.5 Å². The minimum absolute atomic E-state index is 0.364. The lowest BCUT2D eigenvalue weighted by Gasteiger charge is -2.16. The second-order valence-corrected chi connectivity index (χ2v) is 4.12. The number of H-pyrrole nitrogens is 1. The average Bonchev–Trinajstić information content (AvgIpc) is 2.83. The van der Waals surface area contributed by atoms with Crippen molar-refractivity contribution in [3.63, 3.8) is 0 Å². The van der Waals surface area contributed by atoms with Gasteiger partial charge in [-0.15, -0.1) is 0 Å². The standard InChI is InChI=1S/C12H14ClN3O3/c1-17-8-4-6(13)10(7-5-9(14)16-15-7)12(19-3)11(8)18-2/h4-5H,1-3H3,(H3,14,15,16). The zero-order valence-electron chi connectivity index (χ0n) is 10.8. The molecule has 0 amide bonds. The Balaban J connectivity index is 2.72. The number of aromatic nitrogens is 2. The molecule has 0 aliphatic heterocycles. The molecule has 6 nitrogen and oxygen atoms in total. The summed E-state index contributed by atoms with van der Waals surface area (Å²) in [6.45, 7) is 0. The number of anilines is 1. The van der Waals surface area contributed by atoms with E-state index >= 15 is 0 Å². The van der Waals surface area contributed by atoms with Gasteiger partial charge in [-0.1, -0.05) is 11.6 Å². The molecule has 1 aromatic carbocycles. The van der Waals surface area contributed by atoms with Crippen molar-refractivity contribution < 1.29 is 14.2 Å². The lowest BCUT2D eigenvalue weighted by Crippen LogP contribution is -1.98. The summed E-state index contributed by atoms with van der Waals surface area (Å²) in [5.74, 6) is 1.76. The number of aromatic amines is 1. The van der Waals surface area contributed by atoms with Gasteiger partial charge >= 0.3 is 0 Å². The second-order valence-electron chi connectivity index (χ2n) is 3.71. The molecule has 1 heterocycles. The van der Waals surface area contributed by atoms with E-state index < -0.39 is 0 Å². The van der Waals surface area contributed by atoms with Crippen molar-refractivity contribution >= 4 is 17.4 Å². The van der Waals surface area contributed by atoms with Crippen molar-refractivity contribution in [2.45, 2.75) is 0 Å². The van der Waals surface area contributed by atoms with Crippen molar-refractivity contribution in [3.05, 3.63) is 17.2 Å². The Morgan fingerprint density at radius 1 is 1.11 bits per heavy atom. The fourth-order valence-corrected chi connectivity index (χ4v) is 2.13. The number of halogens is 1. The molecular formula is C12H14ClN3O3. The maximum absolute atomic E-state index is 6.26. The van der Waals surface area contributed by atoms with E-state index in [0.717, 1.165) is 0 Å². The number of benzene rings is 1. The van der Waals surface area contributed by atoms with Gasteiger partial charge in [0.05, 0.1) is 37.6 Å². The summed E-state index contributed by atoms with van der Waals surface area (Å²) in [4.78, 5) is 0. The van der Waals surface area contributed by atoms with Gasteiger partial charge in [-0.2, -0.15) is 5.10 Å². The number of nitrogens with zero attached hydrogens (tertiary/aromatic N) is 1. The Morgan fingerprint density at radius 2 is 1.79 bits per heavy atom. The first-order valence-corrected chi connectivity index (χ1v) is 5.79. The summed E-state index contributed by atoms with van der Waals surface area (Å²) in [6.07, 6.45) is 0. The Morgan fingerprint density at radius 3 is 2.26 bits per heavy atom. The predicted molar refractivity (Wildman–Crippen MR) is 73.1 cm³/mol. The van der Waals surface area contributed by atoms with Gasteiger partial charge in [-0.25, -0.2) is 0 Å². The van der Waals surface area contributed by atoms with Crippen molar-refractivity contribution in [1.29, 1.82) is 0 Å². The van der Waals surface area contributed by atoms with Crippen LogP contribution in [0.25, 0.3) is 11.3 Å². The van der Waals surface area contributed by atoms with Crippen LogP contribution in [0.1, 0.15) is 0 Å². The summed E-state index contributed by atoms with van der Waals surface area (Å²) in [7, 11) is 4.58. The highest BCUT2D eigenvalue weighted by atomic mass is 35.5. The summed E-state index contributed by atoms with van der Waals surface area (Å²) >= 11 is 6.26. The molecule has 0 radical (unpaired) electrons. The van der Waals surface area contributed by atoms with E-state index in [1.807, 2.05) is 0 Å². The lowest BCUT2D eigenvalue weighted by atomic mass is 10.1. The van der Waals surface area contributed by atoms with Crippen molar-refractivity contribution in [2.75, 3.05) is 27.1 Å². The van der Waals surface area contributed by atoms with Crippen LogP contribution in [0.2, 0.25) is 5.02 Å². The molecule has 102 valence electrons. The minimum atomic E-state index is 0.364. The zero-order chi connectivity index (χ0) is 14.0. The van der Waals surface area contributed by atoms with Crippen molar-refractivity contribution in [2.24, 2.45) is 0 Å². The minimum Gasteiger partial charge on any atom is -0.493 e. The molecule has 0 bridgehead atoms. The number of nitrogens with two attached hydrogens (primary N) is 1. The first-order valence-electron chi connectivity index (χ1n) is 5.42. The topological polar surface area (TPSA) is 82.4 Å². The maximum atomic E-state index is 6.26. The third-order valence-electron chi connectivity index (χ3n) is 2.65. The average molecular weight is 284 g/mol. The fourth-order valence-electron chi connectivity index (χ4n) is 1.84. The van der Waals surface area contributed by atoms with E-state index in [4.69, 9.17) is 31.5 Å². The molecular weight excluding hydrogens is 270 g/mol. The van der Waals surface area contributed by atoms with Crippen LogP contribution in [0.15, 0.2) is 12.1 Å². The van der Waals surface area contributed by atoms with Crippen LogP contribution < -0.4 is 19.9 Å². The monoisotopic (exact) mass is 283 g/mol. The summed E-state index contributed by atoms with van der Waals surface area (Å²) in [6, 6.07) is 3.31. The second kappa shape index (κ2) is 5.27. The molecule has 0 unspecified atom stereocenters. The largest absolute Gasteiger partial charge is 0.493 e. The van der Waals surface area contributed by atoms with Crippen LogP contribution in [0, 0.1) is 0 Å². The fraction of sp³-hybridized carbons (Fsp3) is 0.250. The number of ether oxygens (including phenoxy) is 3. The smallest absolute Gasteiger partial charge is 0.204 e. The summed E-state index contributed by atoms with van der Waals surface area (Å²) < 4.78 is 15.9. The van der Waals surface area contributed by atoms with E-state index in [0.29, 0.717) is 39.3 Å². The SMILES string of the molecule is COc1cc(Cl)c(-c2cc(N)n[nH]2)c(OC)c1OC. The van der Waals surface area contributed by atoms with Crippen molar-refractivity contribution in [1.82, 2.24) is 10.2 Å². The molecule has 0 fully saturated rings. The number of nitrogen functional groups attached to an aromatic ring is 1. The molecule has 0 atom stereocenters. The molecule has 0 aliphatic carbocycles. The van der Waals surface area contributed by atoms with Crippen LogP contribution in [0.3, 0.4) is 0 Å². The first-order chi connectivity index (χ1) is 9.12. The maximum Gasteiger partial charge on any atom is 0.204 e. The lowest BCUT2D eigenvalue weighted by molar-refractivity contribution is 0.325. The number of nitrogens with one attached hydrogen (secondary N) is 1. The Hall–Kier alpha value is -2.08. The van der Waals surface area contributed by atoms with Gasteiger partial charge in [-0.3, -0.25) is 5.10 Å². The molecule has 0 saturated heterocycles. The number of hydrogen-bond donors (Lipinski definition) is 2. The van der Waals surface area contributed by atoms with Gasteiger partial charge in [0, 0.05) is 12.1 Å². The van der Waals surface area contributed by atoms with Gasteiger partial charge in [0.25, 0.3) is 0 Å². The molecule has 0 saturated carbocycles. The third-order valence-corrected chi connectivity index (χ3v) is 2.95. The molecule has 7 heteroatoms. The van der Waals surface area contributed by atoms with E-state index in [-0.39, 0.29) is 0 Å². The summed E-state index contributed by atoms with van der Waals surface area (Å²) in [5, 5.41) is 7.11. The highest BCUT2D eigenvalue weighted by molar-refractivity contribution is 6.34. The molecule has 0 aliphatic rings. The molecule has 1 aromatic heterocycles. The van der Waals surface area contributed by atoms with Crippen LogP contribution in [-0.2, 0) is 0 Å². The predicted octanol–water partition coefficient (Wildman–Crippen LogP) is 2.34. The Kier molecular flexibility index (Phi) is 3.71. The highest BCUT2D eigenvalue weighted by Gasteiger charge is 2.22. The molecule has 2 aromatic rings. The van der Waals surface area contributed by atoms with Gasteiger partial charge in [0.15, 0.2) is 11.5 Å². The van der Waals surface area contributed by atoms with E-state index in [2.05, 4.69) is 10.2 Å². The molecule has 3 N–H and O–H groups in total. The molecule has 0 spiro atoms. The summed E-state index contributed by atoms with van der Waals surface area (Å²) in [5.41, 5.74) is 6.86. The molecule has 19 heavy (non-hydrogen) atoms. The Bertz CT molecular complexity index is 598. The van der Waals surface area contributed by atoms with Crippen LogP contribution in [0.4, 0.5) is 5.82 Å². The van der Waals surface area contributed by atoms with Crippen molar-refractivity contribution in [3.8, 4) is 28.5 Å². The van der Waals surface area contributed by atoms with Gasteiger partial charge in [0.1, 0.15) is 5.82 Å². The van der Waals surface area contributed by atoms with Gasteiger partial charge in [0.2, 0.25) is 5.75 Å². The van der Waals surface area contributed by atoms with E-state index in [9.17, 15) is 0 Å². The number of hydrogen-bond acceptors (Lipinski definition) is 5. The zero-order valence-corrected chi connectivity index (χ0v) is 11.5. The van der Waals surface area contributed by atoms with E-state index in [1.54, 1.807) is 12.1 Å². The van der Waals surface area contributed by atoms with Gasteiger partial charge in [-0.05, 0) is 0 Å². The third kappa shape index (κ3) is 2.26. The molecule has 2 rings (SSSR count).